The molecule has 0 radical (unpaired) electrons. The lowest BCUT2D eigenvalue weighted by Gasteiger charge is -2.03. The number of rotatable bonds is 3. The van der Waals surface area contributed by atoms with Gasteiger partial charge in [0.05, 0.1) is 15.9 Å². The van der Waals surface area contributed by atoms with Crippen molar-refractivity contribution in [2.45, 2.75) is 0 Å². The van der Waals surface area contributed by atoms with Gasteiger partial charge in [0, 0.05) is 10.6 Å². The maximum absolute atomic E-state index is 12.4. The predicted molar refractivity (Wildman–Crippen MR) is 98.3 cm³/mol. The maximum Gasteiger partial charge on any atom is 0.323 e. The Morgan fingerprint density at radius 3 is 2.52 bits per heavy atom. The summed E-state index contributed by atoms with van der Waals surface area (Å²) in [6.07, 6.45) is 0. The van der Waals surface area contributed by atoms with Crippen molar-refractivity contribution in [1.29, 1.82) is 0 Å². The quantitative estimate of drug-likeness (QED) is 0.454. The normalized spacial score (nSPS) is 10.9. The number of hydrogen-bond donors (Lipinski definition) is 4. The minimum Gasteiger partial charge on any atom is -0.508 e. The van der Waals surface area contributed by atoms with Crippen LogP contribution in [-0.4, -0.2) is 21.0 Å². The molecular weight excluding hydrogens is 338 g/mol. The van der Waals surface area contributed by atoms with E-state index in [4.69, 9.17) is 0 Å². The summed E-state index contributed by atoms with van der Waals surface area (Å²) in [5, 5.41) is 12.2. The number of carbonyl (C=O) groups excluding carboxylic acids is 1. The Labute approximate surface area is 145 Å². The van der Waals surface area contributed by atoms with Crippen LogP contribution in [0.15, 0.2) is 59.4 Å². The molecule has 0 spiro atoms. The number of phenolic OH excluding ortho intramolecular Hbond substituents is 1. The van der Waals surface area contributed by atoms with Gasteiger partial charge in [-0.1, -0.05) is 0 Å². The highest BCUT2D eigenvalue weighted by Gasteiger charge is 2.11. The summed E-state index contributed by atoms with van der Waals surface area (Å²) in [6.45, 7) is 0. The fourth-order valence-corrected chi connectivity index (χ4v) is 3.45. The molecule has 0 saturated heterocycles. The number of imidazole rings is 1. The number of aromatic nitrogens is 2. The van der Waals surface area contributed by atoms with Crippen LogP contribution >= 0.6 is 11.3 Å². The lowest BCUT2D eigenvalue weighted by atomic mass is 10.2. The van der Waals surface area contributed by atoms with Gasteiger partial charge in [-0.2, -0.15) is 0 Å². The molecular formula is C18H13N3O3S. The Kier molecular flexibility index (Phi) is 3.62. The molecule has 0 unspecified atom stereocenters. The largest absolute Gasteiger partial charge is 0.508 e. The summed E-state index contributed by atoms with van der Waals surface area (Å²) >= 11 is 1.37. The molecule has 124 valence electrons. The van der Waals surface area contributed by atoms with Crippen LogP contribution in [0.5, 0.6) is 5.75 Å². The molecule has 0 atom stereocenters. The number of aromatic hydroxyl groups is 1. The van der Waals surface area contributed by atoms with Crippen molar-refractivity contribution < 1.29 is 9.90 Å². The third-order valence-corrected chi connectivity index (χ3v) is 4.89. The van der Waals surface area contributed by atoms with Gasteiger partial charge < -0.3 is 20.4 Å². The SMILES string of the molecule is O=C(Nc1ccc2[nH]c(=O)[nH]c2c1)c1ccc(-c2ccc(O)cc2)s1. The molecule has 4 rings (SSSR count). The van der Waals surface area contributed by atoms with E-state index >= 15 is 0 Å². The number of fused-ring (bicyclic) bond motifs is 1. The van der Waals surface area contributed by atoms with Gasteiger partial charge in [0.25, 0.3) is 5.91 Å². The maximum atomic E-state index is 12.4. The Balaban J connectivity index is 1.56. The first-order valence-electron chi connectivity index (χ1n) is 7.51. The number of hydrogen-bond acceptors (Lipinski definition) is 4. The number of amides is 1. The topological polar surface area (TPSA) is 98.0 Å². The summed E-state index contributed by atoms with van der Waals surface area (Å²) in [4.78, 5) is 30.6. The van der Waals surface area contributed by atoms with Crippen molar-refractivity contribution in [3.63, 3.8) is 0 Å². The van der Waals surface area contributed by atoms with Gasteiger partial charge in [-0.15, -0.1) is 11.3 Å². The van der Waals surface area contributed by atoms with Crippen molar-refractivity contribution >= 4 is 34.0 Å². The predicted octanol–water partition coefficient (Wildman–Crippen LogP) is 3.54. The number of aromatic amines is 2. The van der Waals surface area contributed by atoms with Gasteiger partial charge in [-0.3, -0.25) is 4.79 Å². The number of carbonyl (C=O) groups is 1. The number of thiophene rings is 1. The van der Waals surface area contributed by atoms with Crippen molar-refractivity contribution in [1.82, 2.24) is 9.97 Å². The standard InChI is InChI=1S/C18H13N3O3S/c22-12-4-1-10(2-5-12)15-7-8-16(25-15)17(23)19-11-3-6-13-14(9-11)21-18(24)20-13/h1-9,22H,(H,19,23)(H2,20,21,24). The number of phenols is 1. The van der Waals surface area contributed by atoms with Gasteiger partial charge in [0.1, 0.15) is 5.75 Å². The van der Waals surface area contributed by atoms with E-state index in [0.717, 1.165) is 10.4 Å². The first-order valence-corrected chi connectivity index (χ1v) is 8.33. The minimum atomic E-state index is -0.282. The van der Waals surface area contributed by atoms with Crippen LogP contribution in [0.25, 0.3) is 21.5 Å². The van der Waals surface area contributed by atoms with Gasteiger partial charge in [0.15, 0.2) is 0 Å². The van der Waals surface area contributed by atoms with E-state index in [-0.39, 0.29) is 17.3 Å². The summed E-state index contributed by atoms with van der Waals surface area (Å²) in [5.41, 5.74) is 2.59. The fourth-order valence-electron chi connectivity index (χ4n) is 2.54. The summed E-state index contributed by atoms with van der Waals surface area (Å²) in [5.74, 6) is -0.0104. The van der Waals surface area contributed by atoms with Gasteiger partial charge in [-0.05, 0) is 60.2 Å². The highest BCUT2D eigenvalue weighted by atomic mass is 32.1. The first-order chi connectivity index (χ1) is 12.1. The van der Waals surface area contributed by atoms with Gasteiger partial charge in [-0.25, -0.2) is 4.79 Å². The average molecular weight is 351 g/mol. The zero-order valence-electron chi connectivity index (χ0n) is 12.9. The molecule has 0 bridgehead atoms. The Bertz CT molecular complexity index is 1120. The van der Waals surface area contributed by atoms with E-state index in [0.29, 0.717) is 21.6 Å². The van der Waals surface area contributed by atoms with E-state index in [1.165, 1.54) is 11.3 Å². The van der Waals surface area contributed by atoms with Crippen LogP contribution in [-0.2, 0) is 0 Å². The van der Waals surface area contributed by atoms with E-state index in [1.807, 2.05) is 6.07 Å². The van der Waals surface area contributed by atoms with Crippen molar-refractivity contribution in [3.05, 3.63) is 70.0 Å². The zero-order valence-corrected chi connectivity index (χ0v) is 13.7. The zero-order chi connectivity index (χ0) is 17.4. The summed E-state index contributed by atoms with van der Waals surface area (Å²) in [6, 6.07) is 15.6. The molecule has 7 heteroatoms. The molecule has 0 aliphatic heterocycles. The van der Waals surface area contributed by atoms with Gasteiger partial charge >= 0.3 is 5.69 Å². The second kappa shape index (κ2) is 5.95. The molecule has 0 saturated carbocycles. The number of benzene rings is 2. The van der Waals surface area contributed by atoms with Crippen LogP contribution in [0.3, 0.4) is 0 Å². The van der Waals surface area contributed by atoms with Crippen molar-refractivity contribution in [2.24, 2.45) is 0 Å². The Morgan fingerprint density at radius 2 is 1.72 bits per heavy atom. The van der Waals surface area contributed by atoms with Gasteiger partial charge in [0.2, 0.25) is 0 Å². The second-order valence-corrected chi connectivity index (χ2v) is 6.59. The highest BCUT2D eigenvalue weighted by Crippen LogP contribution is 2.29. The average Bonchev–Trinajstić information content (AvgIpc) is 3.21. The van der Waals surface area contributed by atoms with Crippen molar-refractivity contribution in [3.8, 4) is 16.2 Å². The molecule has 2 heterocycles. The van der Waals surface area contributed by atoms with E-state index in [9.17, 15) is 14.7 Å². The lowest BCUT2D eigenvalue weighted by Crippen LogP contribution is -2.09. The third kappa shape index (κ3) is 3.05. The highest BCUT2D eigenvalue weighted by molar-refractivity contribution is 7.17. The van der Waals surface area contributed by atoms with Crippen LogP contribution in [0, 0.1) is 0 Å². The number of H-pyrrole nitrogens is 2. The van der Waals surface area contributed by atoms with Crippen LogP contribution in [0.4, 0.5) is 5.69 Å². The number of nitrogens with one attached hydrogen (secondary N) is 3. The Morgan fingerprint density at radius 1 is 0.960 bits per heavy atom. The monoisotopic (exact) mass is 351 g/mol. The van der Waals surface area contributed by atoms with E-state index in [2.05, 4.69) is 15.3 Å². The minimum absolute atomic E-state index is 0.205. The smallest absolute Gasteiger partial charge is 0.323 e. The molecule has 25 heavy (non-hydrogen) atoms. The molecule has 1 amide bonds. The van der Waals surface area contributed by atoms with Crippen LogP contribution < -0.4 is 11.0 Å². The lowest BCUT2D eigenvalue weighted by molar-refractivity contribution is 0.103. The number of anilines is 1. The van der Waals surface area contributed by atoms with E-state index < -0.39 is 0 Å². The molecule has 0 aliphatic carbocycles. The molecule has 0 fully saturated rings. The van der Waals surface area contributed by atoms with E-state index in [1.54, 1.807) is 48.5 Å². The molecule has 4 aromatic rings. The molecule has 4 N–H and O–H groups in total. The molecule has 2 aromatic heterocycles. The molecule has 2 aromatic carbocycles. The third-order valence-electron chi connectivity index (χ3n) is 3.76. The Hall–Kier alpha value is -3.32. The molecule has 0 aliphatic rings. The van der Waals surface area contributed by atoms with Crippen LogP contribution in [0.1, 0.15) is 9.67 Å². The van der Waals surface area contributed by atoms with Crippen molar-refractivity contribution in [2.75, 3.05) is 5.32 Å². The summed E-state index contributed by atoms with van der Waals surface area (Å²) in [7, 11) is 0. The first kappa shape index (κ1) is 15.2. The fraction of sp³-hybridized carbons (Fsp3) is 0. The second-order valence-electron chi connectivity index (χ2n) is 5.50. The van der Waals surface area contributed by atoms with Crippen LogP contribution in [0.2, 0.25) is 0 Å². The molecule has 6 nitrogen and oxygen atoms in total. The summed E-state index contributed by atoms with van der Waals surface area (Å²) < 4.78 is 0.